The standard InChI is InChI=1S/C21H32N4O7S/c1-10(2)16(22)19(29)24-15(9-33)18(28)25-17(11(3)26)20(30)23-14(21(31)32)8-12-4-6-13(27)7-5-12/h4-7,10-11,14-17,26-27,33H,8-9,22H2,1-3H3,(H,23,30)(H,24,29)(H,25,28)(H,31,32). The number of carboxylic acids is 1. The zero-order valence-electron chi connectivity index (χ0n) is 18.7. The number of aromatic hydroxyl groups is 1. The van der Waals surface area contributed by atoms with Crippen LogP contribution in [0.1, 0.15) is 26.3 Å². The lowest BCUT2D eigenvalue weighted by Crippen LogP contribution is -2.60. The first-order valence-corrected chi connectivity index (χ1v) is 11.0. The highest BCUT2D eigenvalue weighted by Crippen LogP contribution is 2.12. The van der Waals surface area contributed by atoms with Gasteiger partial charge in [-0.15, -0.1) is 0 Å². The Balaban J connectivity index is 2.88. The van der Waals surface area contributed by atoms with E-state index in [0.717, 1.165) is 0 Å². The Morgan fingerprint density at radius 1 is 0.939 bits per heavy atom. The van der Waals surface area contributed by atoms with E-state index in [1.54, 1.807) is 13.8 Å². The maximum absolute atomic E-state index is 12.7. The fourth-order valence-electron chi connectivity index (χ4n) is 2.75. The number of aliphatic hydroxyl groups is 1. The lowest BCUT2D eigenvalue weighted by atomic mass is 10.0. The molecule has 0 bridgehead atoms. The molecule has 184 valence electrons. The summed E-state index contributed by atoms with van der Waals surface area (Å²) in [6.45, 7) is 4.74. The van der Waals surface area contributed by atoms with Crippen molar-refractivity contribution in [2.24, 2.45) is 11.7 Å². The number of benzene rings is 1. The van der Waals surface area contributed by atoms with E-state index in [1.165, 1.54) is 31.2 Å². The van der Waals surface area contributed by atoms with Gasteiger partial charge in [-0.25, -0.2) is 4.79 Å². The van der Waals surface area contributed by atoms with Crippen LogP contribution in [0.5, 0.6) is 5.75 Å². The monoisotopic (exact) mass is 484 g/mol. The molecule has 5 atom stereocenters. The number of hydrogen-bond acceptors (Lipinski definition) is 8. The van der Waals surface area contributed by atoms with E-state index in [1.807, 2.05) is 0 Å². The number of phenolic OH excluding ortho intramolecular Hbond substituents is 1. The number of nitrogens with one attached hydrogen (secondary N) is 3. The van der Waals surface area contributed by atoms with Gasteiger partial charge in [-0.2, -0.15) is 12.6 Å². The van der Waals surface area contributed by atoms with Gasteiger partial charge in [0.25, 0.3) is 0 Å². The van der Waals surface area contributed by atoms with Gasteiger partial charge >= 0.3 is 5.97 Å². The van der Waals surface area contributed by atoms with Crippen molar-refractivity contribution in [3.05, 3.63) is 29.8 Å². The van der Waals surface area contributed by atoms with Crippen molar-refractivity contribution in [2.45, 2.75) is 57.5 Å². The van der Waals surface area contributed by atoms with E-state index in [4.69, 9.17) is 5.73 Å². The molecule has 1 aromatic carbocycles. The van der Waals surface area contributed by atoms with Crippen molar-refractivity contribution in [1.82, 2.24) is 16.0 Å². The van der Waals surface area contributed by atoms with Gasteiger partial charge in [0.15, 0.2) is 0 Å². The van der Waals surface area contributed by atoms with Gasteiger partial charge in [0.2, 0.25) is 17.7 Å². The Hall–Kier alpha value is -2.83. The number of nitrogens with two attached hydrogens (primary N) is 1. The molecule has 0 aliphatic carbocycles. The molecule has 0 saturated carbocycles. The lowest BCUT2D eigenvalue weighted by molar-refractivity contribution is -0.143. The van der Waals surface area contributed by atoms with Crippen LogP contribution in [0, 0.1) is 5.92 Å². The highest BCUT2D eigenvalue weighted by molar-refractivity contribution is 7.80. The second kappa shape index (κ2) is 13.0. The first-order chi connectivity index (χ1) is 15.4. The minimum Gasteiger partial charge on any atom is -0.508 e. The number of carbonyl (C=O) groups is 4. The van der Waals surface area contributed by atoms with Gasteiger partial charge in [-0.3, -0.25) is 14.4 Å². The fraction of sp³-hybridized carbons (Fsp3) is 0.524. The third-order valence-corrected chi connectivity index (χ3v) is 5.26. The van der Waals surface area contributed by atoms with E-state index >= 15 is 0 Å². The minimum atomic E-state index is -1.49. The number of phenols is 1. The molecule has 8 N–H and O–H groups in total. The second-order valence-corrected chi connectivity index (χ2v) is 8.38. The normalized spacial score (nSPS) is 15.6. The van der Waals surface area contributed by atoms with Crippen molar-refractivity contribution in [1.29, 1.82) is 0 Å². The van der Waals surface area contributed by atoms with Crippen LogP contribution in [0.15, 0.2) is 24.3 Å². The molecule has 0 aromatic heterocycles. The summed E-state index contributed by atoms with van der Waals surface area (Å²) in [7, 11) is 0. The molecule has 11 nitrogen and oxygen atoms in total. The minimum absolute atomic E-state index is 0.00623. The summed E-state index contributed by atoms with van der Waals surface area (Å²) < 4.78 is 0. The topological polar surface area (TPSA) is 191 Å². The highest BCUT2D eigenvalue weighted by Gasteiger charge is 2.32. The number of aliphatic carboxylic acids is 1. The van der Waals surface area contributed by atoms with Crippen LogP contribution in [-0.4, -0.2) is 75.0 Å². The van der Waals surface area contributed by atoms with Gasteiger partial charge in [0.05, 0.1) is 12.1 Å². The van der Waals surface area contributed by atoms with Gasteiger partial charge in [-0.1, -0.05) is 26.0 Å². The molecular weight excluding hydrogens is 452 g/mol. The maximum atomic E-state index is 12.7. The average Bonchev–Trinajstić information content (AvgIpc) is 2.75. The molecule has 1 rings (SSSR count). The van der Waals surface area contributed by atoms with Gasteiger partial charge in [0.1, 0.15) is 23.9 Å². The Kier molecular flexibility index (Phi) is 11.1. The molecule has 5 unspecified atom stereocenters. The number of aliphatic hydroxyl groups excluding tert-OH is 1. The third-order valence-electron chi connectivity index (χ3n) is 4.89. The van der Waals surface area contributed by atoms with Gasteiger partial charge < -0.3 is 37.0 Å². The Morgan fingerprint density at radius 3 is 1.94 bits per heavy atom. The molecule has 33 heavy (non-hydrogen) atoms. The van der Waals surface area contributed by atoms with Crippen LogP contribution in [0.2, 0.25) is 0 Å². The zero-order valence-corrected chi connectivity index (χ0v) is 19.6. The molecular formula is C21H32N4O7S. The molecule has 3 amide bonds. The SMILES string of the molecule is CC(C)C(N)C(=O)NC(CS)C(=O)NC(C(=O)NC(Cc1ccc(O)cc1)C(=O)O)C(C)O. The van der Waals surface area contributed by atoms with E-state index in [2.05, 4.69) is 28.6 Å². The predicted molar refractivity (Wildman–Crippen MR) is 124 cm³/mol. The number of rotatable bonds is 12. The van der Waals surface area contributed by atoms with Crippen molar-refractivity contribution in [2.75, 3.05) is 5.75 Å². The van der Waals surface area contributed by atoms with Crippen molar-refractivity contribution < 1.29 is 34.5 Å². The largest absolute Gasteiger partial charge is 0.508 e. The fourth-order valence-corrected chi connectivity index (χ4v) is 3.01. The van der Waals surface area contributed by atoms with E-state index < -0.39 is 54.0 Å². The number of carboxylic acid groups (broad SMARTS) is 1. The quantitative estimate of drug-likeness (QED) is 0.169. The van der Waals surface area contributed by atoms with Gasteiger partial charge in [0, 0.05) is 12.2 Å². The zero-order chi connectivity index (χ0) is 25.3. The molecule has 0 heterocycles. The van der Waals surface area contributed by atoms with Crippen LogP contribution >= 0.6 is 12.6 Å². The summed E-state index contributed by atoms with van der Waals surface area (Å²) in [5.74, 6) is -3.88. The summed E-state index contributed by atoms with van der Waals surface area (Å²) in [5.41, 5.74) is 6.31. The van der Waals surface area contributed by atoms with Crippen molar-refractivity contribution >= 4 is 36.3 Å². The first-order valence-electron chi connectivity index (χ1n) is 10.3. The first kappa shape index (κ1) is 28.2. The van der Waals surface area contributed by atoms with Crippen LogP contribution in [0.25, 0.3) is 0 Å². The molecule has 1 aromatic rings. The smallest absolute Gasteiger partial charge is 0.326 e. The summed E-state index contributed by atoms with van der Waals surface area (Å²) in [6, 6.07) is 0.944. The van der Waals surface area contributed by atoms with E-state index in [-0.39, 0.29) is 23.8 Å². The molecule has 12 heteroatoms. The molecule has 0 spiro atoms. The van der Waals surface area contributed by atoms with Crippen LogP contribution in [-0.2, 0) is 25.6 Å². The summed E-state index contributed by atoms with van der Waals surface area (Å²) >= 11 is 4.05. The Morgan fingerprint density at radius 2 is 1.48 bits per heavy atom. The van der Waals surface area contributed by atoms with Crippen molar-refractivity contribution in [3.63, 3.8) is 0 Å². The summed E-state index contributed by atoms with van der Waals surface area (Å²) in [4.78, 5) is 49.1. The number of thiol groups is 1. The molecule has 0 radical (unpaired) electrons. The maximum Gasteiger partial charge on any atom is 0.326 e. The van der Waals surface area contributed by atoms with Crippen LogP contribution < -0.4 is 21.7 Å². The average molecular weight is 485 g/mol. The molecule has 0 aliphatic heterocycles. The third kappa shape index (κ3) is 8.91. The van der Waals surface area contributed by atoms with Crippen LogP contribution in [0.4, 0.5) is 0 Å². The number of amides is 3. The van der Waals surface area contributed by atoms with E-state index in [0.29, 0.717) is 5.56 Å². The van der Waals surface area contributed by atoms with Crippen LogP contribution in [0.3, 0.4) is 0 Å². The highest BCUT2D eigenvalue weighted by atomic mass is 32.1. The lowest BCUT2D eigenvalue weighted by Gasteiger charge is -2.26. The molecule has 0 fully saturated rings. The van der Waals surface area contributed by atoms with Crippen molar-refractivity contribution in [3.8, 4) is 5.75 Å². The number of carbonyl (C=O) groups excluding carboxylic acids is 3. The predicted octanol–water partition coefficient (Wildman–Crippen LogP) is -1.23. The number of hydrogen-bond donors (Lipinski definition) is 8. The molecule has 0 saturated heterocycles. The molecule has 0 aliphatic rings. The Bertz CT molecular complexity index is 832. The summed E-state index contributed by atoms with van der Waals surface area (Å²) in [5, 5.41) is 35.9. The Labute approximate surface area is 197 Å². The summed E-state index contributed by atoms with van der Waals surface area (Å²) in [6.07, 6.45) is -1.46. The second-order valence-electron chi connectivity index (χ2n) is 8.01. The van der Waals surface area contributed by atoms with E-state index in [9.17, 15) is 34.5 Å². The van der Waals surface area contributed by atoms with Gasteiger partial charge in [-0.05, 0) is 30.5 Å².